The van der Waals surface area contributed by atoms with Gasteiger partial charge >= 0.3 is 5.97 Å². The van der Waals surface area contributed by atoms with Gasteiger partial charge < -0.3 is 20.4 Å². The van der Waals surface area contributed by atoms with Crippen molar-refractivity contribution in [3.8, 4) is 0 Å². The maximum absolute atomic E-state index is 12.4. The highest BCUT2D eigenvalue weighted by Crippen LogP contribution is 2.34. The van der Waals surface area contributed by atoms with Crippen molar-refractivity contribution in [1.29, 1.82) is 0 Å². The smallest absolute Gasteiger partial charge is 0.313 e. The van der Waals surface area contributed by atoms with E-state index in [9.17, 15) is 9.59 Å². The average Bonchev–Trinajstić information content (AvgIpc) is 3.16. The second-order valence-corrected chi connectivity index (χ2v) is 7.74. The van der Waals surface area contributed by atoms with Crippen LogP contribution in [-0.2, 0) is 9.53 Å². The number of aryl methyl sites for hydroxylation is 1. The molecule has 0 aliphatic rings. The van der Waals surface area contributed by atoms with Crippen molar-refractivity contribution < 1.29 is 9.53 Å². The van der Waals surface area contributed by atoms with Crippen molar-refractivity contribution in [2.24, 2.45) is 5.41 Å². The number of imidazole rings is 1. The topological polar surface area (TPSA) is 125 Å². The normalized spacial score (nSPS) is 12.7. The SMILES string of the molecule is COC(=O)C(C)(C)C(NCCCNc1n[nH]c(=O)c2ccccc12)c1nc[nH]c1C. The van der Waals surface area contributed by atoms with Crippen LogP contribution in [0, 0.1) is 12.3 Å². The number of rotatable bonds is 9. The molecule has 0 saturated heterocycles. The summed E-state index contributed by atoms with van der Waals surface area (Å²) in [4.78, 5) is 31.7. The van der Waals surface area contributed by atoms with Gasteiger partial charge in [-0.3, -0.25) is 9.59 Å². The molecule has 160 valence electrons. The number of fused-ring (bicyclic) bond motifs is 1. The van der Waals surface area contributed by atoms with Crippen LogP contribution in [0.5, 0.6) is 0 Å². The lowest BCUT2D eigenvalue weighted by Gasteiger charge is -2.32. The molecule has 0 spiro atoms. The van der Waals surface area contributed by atoms with E-state index in [4.69, 9.17) is 4.74 Å². The first-order valence-electron chi connectivity index (χ1n) is 9.89. The zero-order chi connectivity index (χ0) is 21.7. The maximum Gasteiger partial charge on any atom is 0.313 e. The Morgan fingerprint density at radius 1 is 1.23 bits per heavy atom. The minimum atomic E-state index is -0.793. The highest BCUT2D eigenvalue weighted by Gasteiger charge is 2.40. The molecule has 9 heteroatoms. The van der Waals surface area contributed by atoms with Crippen molar-refractivity contribution in [2.75, 3.05) is 25.5 Å². The molecule has 0 bridgehead atoms. The molecule has 3 aromatic rings. The molecule has 3 rings (SSSR count). The number of hydrogen-bond acceptors (Lipinski definition) is 7. The number of nitrogens with zero attached hydrogens (tertiary/aromatic N) is 2. The molecule has 0 fully saturated rings. The number of methoxy groups -OCH3 is 1. The van der Waals surface area contributed by atoms with Gasteiger partial charge in [0.2, 0.25) is 0 Å². The predicted octanol–water partition coefficient (Wildman–Crippen LogP) is 2.29. The Balaban J connectivity index is 1.64. The molecule has 4 N–H and O–H groups in total. The molecule has 0 aliphatic heterocycles. The highest BCUT2D eigenvalue weighted by molar-refractivity contribution is 5.90. The molecule has 1 unspecified atom stereocenters. The number of aromatic nitrogens is 4. The second kappa shape index (κ2) is 9.08. The Morgan fingerprint density at radius 3 is 2.63 bits per heavy atom. The van der Waals surface area contributed by atoms with Gasteiger partial charge in [0.1, 0.15) is 0 Å². The number of carbonyl (C=O) groups excluding carboxylic acids is 1. The third kappa shape index (κ3) is 4.35. The molecule has 9 nitrogen and oxygen atoms in total. The lowest BCUT2D eigenvalue weighted by atomic mass is 9.82. The van der Waals surface area contributed by atoms with Gasteiger partial charge in [-0.15, -0.1) is 0 Å². The molecule has 1 aromatic carbocycles. The number of ether oxygens (including phenoxy) is 1. The van der Waals surface area contributed by atoms with Crippen molar-refractivity contribution in [2.45, 2.75) is 33.2 Å². The number of carbonyl (C=O) groups is 1. The van der Waals surface area contributed by atoms with Crippen LogP contribution in [0.3, 0.4) is 0 Å². The lowest BCUT2D eigenvalue weighted by Crippen LogP contribution is -2.41. The van der Waals surface area contributed by atoms with Gasteiger partial charge in [-0.05, 0) is 39.8 Å². The summed E-state index contributed by atoms with van der Waals surface area (Å²) in [6, 6.07) is 7.04. The van der Waals surface area contributed by atoms with E-state index in [1.807, 2.05) is 39.0 Å². The maximum atomic E-state index is 12.4. The summed E-state index contributed by atoms with van der Waals surface area (Å²) < 4.78 is 5.00. The van der Waals surface area contributed by atoms with Gasteiger partial charge in [-0.25, -0.2) is 10.1 Å². The van der Waals surface area contributed by atoms with Crippen LogP contribution in [0.25, 0.3) is 10.8 Å². The molecule has 0 saturated carbocycles. The number of nitrogens with one attached hydrogen (secondary N) is 4. The van der Waals surface area contributed by atoms with Crippen LogP contribution in [0.15, 0.2) is 35.4 Å². The summed E-state index contributed by atoms with van der Waals surface area (Å²) in [6.07, 6.45) is 2.40. The van der Waals surface area contributed by atoms with E-state index in [0.717, 1.165) is 23.2 Å². The van der Waals surface area contributed by atoms with Crippen LogP contribution in [0.4, 0.5) is 5.82 Å². The monoisotopic (exact) mass is 412 g/mol. The second-order valence-electron chi connectivity index (χ2n) is 7.74. The lowest BCUT2D eigenvalue weighted by molar-refractivity contribution is -0.152. The number of benzene rings is 1. The third-order valence-electron chi connectivity index (χ3n) is 5.27. The quantitative estimate of drug-likeness (QED) is 0.314. The van der Waals surface area contributed by atoms with Crippen molar-refractivity contribution in [3.63, 3.8) is 0 Å². The number of hydrogen-bond donors (Lipinski definition) is 4. The van der Waals surface area contributed by atoms with E-state index in [1.165, 1.54) is 7.11 Å². The molecule has 0 amide bonds. The van der Waals surface area contributed by atoms with E-state index >= 15 is 0 Å². The van der Waals surface area contributed by atoms with Gasteiger partial charge in [0.15, 0.2) is 5.82 Å². The largest absolute Gasteiger partial charge is 0.469 e. The number of esters is 1. The van der Waals surface area contributed by atoms with E-state index in [1.54, 1.807) is 12.4 Å². The van der Waals surface area contributed by atoms with E-state index in [2.05, 4.69) is 30.8 Å². The first kappa shape index (κ1) is 21.5. The molecule has 2 aromatic heterocycles. The van der Waals surface area contributed by atoms with Crippen LogP contribution < -0.4 is 16.2 Å². The molecule has 0 radical (unpaired) electrons. The zero-order valence-corrected chi connectivity index (χ0v) is 17.7. The molecule has 0 aliphatic carbocycles. The van der Waals surface area contributed by atoms with Crippen molar-refractivity contribution in [3.05, 3.63) is 52.3 Å². The Bertz CT molecular complexity index is 1070. The predicted molar refractivity (Wildman–Crippen MR) is 115 cm³/mol. The van der Waals surface area contributed by atoms with E-state index < -0.39 is 5.41 Å². The summed E-state index contributed by atoms with van der Waals surface area (Å²) in [5.41, 5.74) is 0.706. The highest BCUT2D eigenvalue weighted by atomic mass is 16.5. The first-order valence-corrected chi connectivity index (χ1v) is 9.89. The number of anilines is 1. The van der Waals surface area contributed by atoms with Gasteiger partial charge in [-0.1, -0.05) is 18.2 Å². The Hall–Kier alpha value is -3.20. The fraction of sp³-hybridized carbons (Fsp3) is 0.429. The first-order chi connectivity index (χ1) is 14.4. The molecule has 2 heterocycles. The third-order valence-corrected chi connectivity index (χ3v) is 5.27. The summed E-state index contributed by atoms with van der Waals surface area (Å²) in [5, 5.41) is 14.7. The van der Waals surface area contributed by atoms with E-state index in [0.29, 0.717) is 24.3 Å². The van der Waals surface area contributed by atoms with Gasteiger partial charge in [0, 0.05) is 17.6 Å². The molecular weight excluding hydrogens is 384 g/mol. The van der Waals surface area contributed by atoms with E-state index in [-0.39, 0.29) is 17.6 Å². The Labute approximate surface area is 174 Å². The molecule has 1 atom stereocenters. The summed E-state index contributed by atoms with van der Waals surface area (Å²) in [5.74, 6) is 0.337. The van der Waals surface area contributed by atoms with Crippen LogP contribution >= 0.6 is 0 Å². The molecule has 30 heavy (non-hydrogen) atoms. The zero-order valence-electron chi connectivity index (χ0n) is 17.7. The minimum Gasteiger partial charge on any atom is -0.469 e. The minimum absolute atomic E-state index is 0.208. The number of H-pyrrole nitrogens is 2. The Kier molecular flexibility index (Phi) is 6.51. The standard InChI is InChI=1S/C21H28N6O3/c1-13-16(25-12-24-13)17(21(2,3)20(29)30-4)22-10-7-11-23-18-14-8-5-6-9-15(14)19(28)27-26-18/h5-6,8-9,12,17,22H,7,10-11H2,1-4H3,(H,23,26)(H,24,25)(H,27,28). The summed E-state index contributed by atoms with van der Waals surface area (Å²) >= 11 is 0. The van der Waals surface area contributed by atoms with Crippen molar-refractivity contribution >= 4 is 22.6 Å². The van der Waals surface area contributed by atoms with Crippen LogP contribution in [0.2, 0.25) is 0 Å². The average molecular weight is 412 g/mol. The van der Waals surface area contributed by atoms with Gasteiger partial charge in [-0.2, -0.15) is 5.10 Å². The summed E-state index contributed by atoms with van der Waals surface area (Å²) in [7, 11) is 1.39. The van der Waals surface area contributed by atoms with Gasteiger partial charge in [0.25, 0.3) is 5.56 Å². The fourth-order valence-electron chi connectivity index (χ4n) is 3.53. The fourth-order valence-corrected chi connectivity index (χ4v) is 3.53. The van der Waals surface area contributed by atoms with Crippen LogP contribution in [-0.4, -0.2) is 46.3 Å². The summed E-state index contributed by atoms with van der Waals surface area (Å²) in [6.45, 7) is 6.91. The molecular formula is C21H28N6O3. The number of aromatic amines is 2. The Morgan fingerprint density at radius 2 is 1.97 bits per heavy atom. The van der Waals surface area contributed by atoms with Crippen molar-refractivity contribution in [1.82, 2.24) is 25.5 Å². The van der Waals surface area contributed by atoms with Gasteiger partial charge in [0.05, 0.1) is 36.0 Å². The van der Waals surface area contributed by atoms with Crippen LogP contribution in [0.1, 0.15) is 37.7 Å².